The van der Waals surface area contributed by atoms with Crippen molar-refractivity contribution in [3.05, 3.63) is 46.8 Å². The number of aryl methyl sites for hydroxylation is 2. The van der Waals surface area contributed by atoms with Gasteiger partial charge in [0, 0.05) is 50.4 Å². The second-order valence-electron chi connectivity index (χ2n) is 9.95. The fraction of sp³-hybridized carbons (Fsp3) is 0.538. The van der Waals surface area contributed by atoms with Gasteiger partial charge in [-0.1, -0.05) is 6.07 Å². The third-order valence-corrected chi connectivity index (χ3v) is 7.69. The Balaban J connectivity index is 1.31. The van der Waals surface area contributed by atoms with Gasteiger partial charge in [0.05, 0.1) is 29.1 Å². The first-order valence-corrected chi connectivity index (χ1v) is 12.4. The molecular formula is C26H33N5O3. The maximum absolute atomic E-state index is 13.4. The number of aromatic nitrogens is 2. The first-order valence-electron chi connectivity index (χ1n) is 12.4. The van der Waals surface area contributed by atoms with E-state index in [2.05, 4.69) is 21.8 Å². The number of hydrogen-bond acceptors (Lipinski definition) is 5. The standard InChI is InChI=1S/C26H33N5O3/c1-17-7-4-5-12-30(17)24(32)19-10-13-29(14-11-19)22-9-6-8-21-23(22)26(34)31(25(21)33)16-20-15-28(3)27-18(20)2/h6,8-9,15,17,19H,4-5,7,10-14,16H2,1-3H3. The van der Waals surface area contributed by atoms with Crippen molar-refractivity contribution in [2.24, 2.45) is 13.0 Å². The van der Waals surface area contributed by atoms with E-state index >= 15 is 0 Å². The highest BCUT2D eigenvalue weighted by atomic mass is 16.2. The van der Waals surface area contributed by atoms with E-state index in [0.717, 1.165) is 49.2 Å². The number of benzene rings is 1. The van der Waals surface area contributed by atoms with Crippen LogP contribution in [0.2, 0.25) is 0 Å². The first-order chi connectivity index (χ1) is 16.3. The molecule has 0 N–H and O–H groups in total. The Morgan fingerprint density at radius 2 is 1.82 bits per heavy atom. The van der Waals surface area contributed by atoms with Gasteiger partial charge < -0.3 is 9.80 Å². The van der Waals surface area contributed by atoms with Gasteiger partial charge in [0.2, 0.25) is 5.91 Å². The number of rotatable bonds is 4. The van der Waals surface area contributed by atoms with E-state index in [1.54, 1.807) is 10.7 Å². The molecule has 1 atom stereocenters. The number of imide groups is 1. The van der Waals surface area contributed by atoms with Crippen LogP contribution < -0.4 is 4.90 Å². The second kappa shape index (κ2) is 8.89. The van der Waals surface area contributed by atoms with Crippen molar-refractivity contribution in [2.45, 2.75) is 58.5 Å². The summed E-state index contributed by atoms with van der Waals surface area (Å²) in [6.07, 6.45) is 6.78. The Bertz CT molecular complexity index is 1130. The van der Waals surface area contributed by atoms with Crippen LogP contribution >= 0.6 is 0 Å². The molecule has 4 heterocycles. The maximum Gasteiger partial charge on any atom is 0.263 e. The number of piperidine rings is 2. The Labute approximate surface area is 200 Å². The number of anilines is 1. The van der Waals surface area contributed by atoms with Crippen LogP contribution in [0.1, 0.15) is 71.0 Å². The molecule has 0 radical (unpaired) electrons. The lowest BCUT2D eigenvalue weighted by Crippen LogP contribution is -2.48. The van der Waals surface area contributed by atoms with Crippen LogP contribution in [0.15, 0.2) is 24.4 Å². The Kier molecular flexibility index (Phi) is 5.91. The third-order valence-electron chi connectivity index (χ3n) is 7.69. The zero-order valence-electron chi connectivity index (χ0n) is 20.3. The number of nitrogens with zero attached hydrogens (tertiary/aromatic N) is 5. The summed E-state index contributed by atoms with van der Waals surface area (Å²) in [5.74, 6) is -0.182. The molecule has 3 aliphatic heterocycles. The van der Waals surface area contributed by atoms with E-state index in [1.807, 2.05) is 32.3 Å². The monoisotopic (exact) mass is 463 g/mol. The predicted octanol–water partition coefficient (Wildman–Crippen LogP) is 3.14. The number of carbonyl (C=O) groups excluding carboxylic acids is 3. The number of hydrogen-bond donors (Lipinski definition) is 0. The SMILES string of the molecule is Cc1nn(C)cc1CN1C(=O)c2cccc(N3CCC(C(=O)N4CCCCC4C)CC3)c2C1=O. The fourth-order valence-electron chi connectivity index (χ4n) is 5.72. The summed E-state index contributed by atoms with van der Waals surface area (Å²) >= 11 is 0. The van der Waals surface area contributed by atoms with Gasteiger partial charge in [-0.05, 0) is 58.1 Å². The van der Waals surface area contributed by atoms with Crippen molar-refractivity contribution in [1.82, 2.24) is 19.6 Å². The number of carbonyl (C=O) groups is 3. The average molecular weight is 464 g/mol. The summed E-state index contributed by atoms with van der Waals surface area (Å²) in [6, 6.07) is 5.85. The van der Waals surface area contributed by atoms with E-state index in [1.165, 1.54) is 11.3 Å². The van der Waals surface area contributed by atoms with Crippen molar-refractivity contribution < 1.29 is 14.4 Å². The fourth-order valence-corrected chi connectivity index (χ4v) is 5.72. The van der Waals surface area contributed by atoms with Gasteiger partial charge in [-0.3, -0.25) is 24.0 Å². The summed E-state index contributed by atoms with van der Waals surface area (Å²) in [5.41, 5.74) is 3.44. The van der Waals surface area contributed by atoms with Crippen molar-refractivity contribution >= 4 is 23.4 Å². The molecule has 3 amide bonds. The molecule has 2 aromatic rings. The lowest BCUT2D eigenvalue weighted by Gasteiger charge is -2.39. The molecule has 3 aliphatic rings. The summed E-state index contributed by atoms with van der Waals surface area (Å²) in [6.45, 7) is 6.54. The third kappa shape index (κ3) is 3.89. The van der Waals surface area contributed by atoms with Crippen molar-refractivity contribution in [3.63, 3.8) is 0 Å². The van der Waals surface area contributed by atoms with E-state index in [0.29, 0.717) is 30.3 Å². The van der Waals surface area contributed by atoms with Gasteiger partial charge >= 0.3 is 0 Å². The molecule has 0 aliphatic carbocycles. The molecule has 5 rings (SSSR count). The smallest absolute Gasteiger partial charge is 0.263 e. The zero-order valence-corrected chi connectivity index (χ0v) is 20.3. The summed E-state index contributed by atoms with van der Waals surface area (Å²) in [4.78, 5) is 45.2. The van der Waals surface area contributed by atoms with Crippen LogP contribution in [-0.4, -0.2) is 63.0 Å². The van der Waals surface area contributed by atoms with E-state index in [-0.39, 0.29) is 30.2 Å². The predicted molar refractivity (Wildman–Crippen MR) is 129 cm³/mol. The van der Waals surface area contributed by atoms with Crippen LogP contribution in [0.4, 0.5) is 5.69 Å². The molecule has 34 heavy (non-hydrogen) atoms. The summed E-state index contributed by atoms with van der Waals surface area (Å²) in [7, 11) is 1.83. The molecular weight excluding hydrogens is 430 g/mol. The van der Waals surface area contributed by atoms with Crippen LogP contribution in [-0.2, 0) is 18.4 Å². The normalized spacial score (nSPS) is 21.4. The van der Waals surface area contributed by atoms with Crippen LogP contribution in [0.3, 0.4) is 0 Å². The van der Waals surface area contributed by atoms with Crippen LogP contribution in [0, 0.1) is 12.8 Å². The number of fused-ring (bicyclic) bond motifs is 1. The van der Waals surface area contributed by atoms with Gasteiger partial charge in [-0.15, -0.1) is 0 Å². The second-order valence-corrected chi connectivity index (χ2v) is 9.95. The van der Waals surface area contributed by atoms with Crippen molar-refractivity contribution in [2.75, 3.05) is 24.5 Å². The lowest BCUT2D eigenvalue weighted by atomic mass is 9.92. The van der Waals surface area contributed by atoms with Gasteiger partial charge in [0.1, 0.15) is 0 Å². The zero-order chi connectivity index (χ0) is 24.0. The topological polar surface area (TPSA) is 78.8 Å². The minimum absolute atomic E-state index is 0.0379. The lowest BCUT2D eigenvalue weighted by molar-refractivity contribution is -0.139. The number of likely N-dealkylation sites (tertiary alicyclic amines) is 1. The van der Waals surface area contributed by atoms with Gasteiger partial charge in [-0.25, -0.2) is 0 Å². The molecule has 1 unspecified atom stereocenters. The Morgan fingerprint density at radius 1 is 1.06 bits per heavy atom. The minimum atomic E-state index is -0.255. The highest BCUT2D eigenvalue weighted by Crippen LogP contribution is 2.35. The van der Waals surface area contributed by atoms with Gasteiger partial charge in [0.15, 0.2) is 0 Å². The Hall–Kier alpha value is -3.16. The molecule has 0 bridgehead atoms. The first kappa shape index (κ1) is 22.6. The molecule has 0 saturated carbocycles. The molecule has 2 saturated heterocycles. The average Bonchev–Trinajstić information content (AvgIpc) is 3.29. The maximum atomic E-state index is 13.4. The van der Waals surface area contributed by atoms with Crippen LogP contribution in [0.5, 0.6) is 0 Å². The molecule has 180 valence electrons. The van der Waals surface area contributed by atoms with E-state index < -0.39 is 0 Å². The Morgan fingerprint density at radius 3 is 2.50 bits per heavy atom. The minimum Gasteiger partial charge on any atom is -0.371 e. The molecule has 0 spiro atoms. The molecule has 1 aromatic heterocycles. The van der Waals surface area contributed by atoms with E-state index in [9.17, 15) is 14.4 Å². The molecule has 1 aromatic carbocycles. The van der Waals surface area contributed by atoms with Gasteiger partial charge in [0.25, 0.3) is 11.8 Å². The molecule has 8 nitrogen and oxygen atoms in total. The van der Waals surface area contributed by atoms with Gasteiger partial charge in [-0.2, -0.15) is 5.10 Å². The summed E-state index contributed by atoms with van der Waals surface area (Å²) < 4.78 is 1.70. The molecule has 2 fully saturated rings. The highest BCUT2D eigenvalue weighted by Gasteiger charge is 2.40. The van der Waals surface area contributed by atoms with Crippen molar-refractivity contribution in [1.29, 1.82) is 0 Å². The number of amides is 3. The largest absolute Gasteiger partial charge is 0.371 e. The molecule has 8 heteroatoms. The van der Waals surface area contributed by atoms with Crippen LogP contribution in [0.25, 0.3) is 0 Å². The van der Waals surface area contributed by atoms with Crippen molar-refractivity contribution in [3.8, 4) is 0 Å². The quantitative estimate of drug-likeness (QED) is 0.651. The highest BCUT2D eigenvalue weighted by molar-refractivity contribution is 6.23. The summed E-state index contributed by atoms with van der Waals surface area (Å²) in [5, 5.41) is 4.33. The van der Waals surface area contributed by atoms with E-state index in [4.69, 9.17) is 0 Å².